The van der Waals surface area contributed by atoms with E-state index in [2.05, 4.69) is 51.0 Å². The number of β-amino-alcohol motifs (C(OH)–C–C–N with tert-alkyl or cyclic N) is 1. The zero-order valence-corrected chi connectivity index (χ0v) is 38.5. The number of aliphatic hydroxyl groups excluding tert-OH is 1. The third-order valence-electron chi connectivity index (χ3n) is 11.0. The zero-order valence-electron chi connectivity index (χ0n) is 37.7. The molecule has 3 unspecified atom stereocenters. The molecule has 0 radical (unpaired) electrons. The molecule has 0 spiro atoms. The van der Waals surface area contributed by atoms with Gasteiger partial charge in [-0.05, 0) is 66.8 Å². The lowest BCUT2D eigenvalue weighted by Crippen LogP contribution is -2.43. The molecule has 2 aliphatic rings. The highest BCUT2D eigenvalue weighted by molar-refractivity contribution is 6.36. The molecule has 324 valence electrons. The molecule has 5 rings (SSSR count). The summed E-state index contributed by atoms with van der Waals surface area (Å²) in [5, 5.41) is 15.4. The second-order valence-electron chi connectivity index (χ2n) is 14.9. The Morgan fingerprint density at radius 3 is 2.29 bits per heavy atom. The number of carbonyl (C=O) groups excluding carboxylic acids is 3. The second kappa shape index (κ2) is 25.1. The number of hydrogen-bond donors (Lipinski definition) is 3. The van der Waals surface area contributed by atoms with Crippen molar-refractivity contribution in [1.29, 1.82) is 0 Å². The summed E-state index contributed by atoms with van der Waals surface area (Å²) in [5.41, 5.74) is 6.89. The van der Waals surface area contributed by atoms with Crippen LogP contribution in [0.4, 0.5) is 5.69 Å². The first-order valence-corrected chi connectivity index (χ1v) is 21.6. The van der Waals surface area contributed by atoms with E-state index in [4.69, 9.17) is 21.3 Å². The van der Waals surface area contributed by atoms with Crippen molar-refractivity contribution in [2.45, 2.75) is 113 Å². The number of anilines is 1. The highest BCUT2D eigenvalue weighted by atomic mass is 35.5. The van der Waals surface area contributed by atoms with Crippen molar-refractivity contribution in [1.82, 2.24) is 20.1 Å². The van der Waals surface area contributed by atoms with Crippen molar-refractivity contribution in [3.05, 3.63) is 88.4 Å². The molecule has 2 heterocycles. The molecule has 3 aromatic rings. The SMILES string of the molecule is C=C1N(CCO)C=C(C(=O)Nc2cccc(-c3cccc(-c4cc5c(c(OC)n4)C(C)CC5)c3Cl)c2C)C(=O)N1C.CC.CCC(C)C(=O)NC.CCCCC(C)CC. The number of methoxy groups -OCH3 is 1. The number of pyridine rings is 1. The van der Waals surface area contributed by atoms with Gasteiger partial charge in [0.1, 0.15) is 11.4 Å². The number of likely N-dealkylation sites (N-methyl/N-ethyl adjacent to an activating group) is 1. The first-order chi connectivity index (χ1) is 28.2. The van der Waals surface area contributed by atoms with Crippen LogP contribution in [0.15, 0.2) is 66.6 Å². The van der Waals surface area contributed by atoms with Gasteiger partial charge in [0.2, 0.25) is 11.8 Å². The summed E-state index contributed by atoms with van der Waals surface area (Å²) >= 11 is 7.04. The van der Waals surface area contributed by atoms with Crippen molar-refractivity contribution in [2.24, 2.45) is 11.8 Å². The van der Waals surface area contributed by atoms with E-state index in [0.29, 0.717) is 28.3 Å². The largest absolute Gasteiger partial charge is 0.481 e. The molecular formula is C48H70ClN5O5. The van der Waals surface area contributed by atoms with Gasteiger partial charge in [0.15, 0.2) is 0 Å². The summed E-state index contributed by atoms with van der Waals surface area (Å²) in [6.07, 6.45) is 9.91. The Hall–Kier alpha value is -4.67. The second-order valence-corrected chi connectivity index (χ2v) is 15.3. The van der Waals surface area contributed by atoms with Crippen LogP contribution in [0, 0.1) is 18.8 Å². The molecule has 11 heteroatoms. The third-order valence-corrected chi connectivity index (χ3v) is 11.4. The summed E-state index contributed by atoms with van der Waals surface area (Å²) in [7, 11) is 4.85. The lowest BCUT2D eigenvalue weighted by molar-refractivity contribution is -0.128. The van der Waals surface area contributed by atoms with Crippen LogP contribution >= 0.6 is 11.6 Å². The molecule has 1 aliphatic carbocycles. The molecule has 59 heavy (non-hydrogen) atoms. The standard InChI is InChI=1S/C32H33ClN4O4.C8H18.C6H13NO.C2H6/c1-18-12-13-21-16-27(35-31(41-5)28(18)21)24-10-6-9-23(29(24)33)22-8-7-11-26(19(22)2)34-30(39)25-17-37(14-15-38)20(3)36(4)32(25)40;1-4-6-7-8(3)5-2;1-4-5(2)6(8)7-3;1-2/h6-11,16-18,38H,3,12-15H2,1-2,4-5H3,(H,34,39);8H,4-7H2,1-3H3;5H,4H2,1-3H3,(H,7,8);1-2H3. The van der Waals surface area contributed by atoms with E-state index in [1.165, 1.54) is 47.9 Å². The van der Waals surface area contributed by atoms with Crippen LogP contribution in [0.2, 0.25) is 5.02 Å². The molecule has 3 amide bonds. The molecule has 1 aliphatic heterocycles. The van der Waals surface area contributed by atoms with Gasteiger partial charge < -0.3 is 25.4 Å². The van der Waals surface area contributed by atoms with Crippen LogP contribution in [0.25, 0.3) is 22.4 Å². The van der Waals surface area contributed by atoms with Crippen molar-refractivity contribution in [3.63, 3.8) is 0 Å². The maximum Gasteiger partial charge on any atom is 0.266 e. The first-order valence-electron chi connectivity index (χ1n) is 21.2. The number of unbranched alkanes of at least 4 members (excludes halogenated alkanes) is 1. The van der Waals surface area contributed by atoms with Gasteiger partial charge in [-0.2, -0.15) is 0 Å². The Labute approximate surface area is 359 Å². The predicted octanol–water partition coefficient (Wildman–Crippen LogP) is 10.5. The van der Waals surface area contributed by atoms with Crippen molar-refractivity contribution in [3.8, 4) is 28.3 Å². The molecule has 0 saturated heterocycles. The van der Waals surface area contributed by atoms with Crippen LogP contribution in [-0.2, 0) is 20.8 Å². The molecule has 0 saturated carbocycles. The minimum atomic E-state index is -0.555. The van der Waals surface area contributed by atoms with Gasteiger partial charge in [-0.3, -0.25) is 19.3 Å². The van der Waals surface area contributed by atoms with E-state index in [1.54, 1.807) is 32.2 Å². The number of aryl methyl sites for hydroxylation is 1. The lowest BCUT2D eigenvalue weighted by atomic mass is 9.95. The zero-order chi connectivity index (χ0) is 44.4. The molecule has 3 atom stereocenters. The maximum absolute atomic E-state index is 13.3. The summed E-state index contributed by atoms with van der Waals surface area (Å²) in [5.74, 6) is 1.66. The fourth-order valence-electron chi connectivity index (χ4n) is 6.74. The fourth-order valence-corrected chi connectivity index (χ4v) is 7.06. The van der Waals surface area contributed by atoms with Crippen molar-refractivity contribution >= 4 is 35.0 Å². The first kappa shape index (κ1) is 50.5. The summed E-state index contributed by atoms with van der Waals surface area (Å²) in [6, 6.07) is 13.5. The molecule has 10 nitrogen and oxygen atoms in total. The van der Waals surface area contributed by atoms with E-state index in [1.807, 2.05) is 65.0 Å². The van der Waals surface area contributed by atoms with E-state index in [9.17, 15) is 19.5 Å². The fraction of sp³-hybridized carbons (Fsp3) is 0.500. The summed E-state index contributed by atoms with van der Waals surface area (Å²) in [6.45, 7) is 22.8. The monoisotopic (exact) mass is 832 g/mol. The van der Waals surface area contributed by atoms with Crippen LogP contribution < -0.4 is 15.4 Å². The predicted molar refractivity (Wildman–Crippen MR) is 244 cm³/mol. The van der Waals surface area contributed by atoms with Gasteiger partial charge in [0, 0.05) is 55.1 Å². The van der Waals surface area contributed by atoms with Gasteiger partial charge in [-0.25, -0.2) is 4.98 Å². The number of aromatic nitrogens is 1. The van der Waals surface area contributed by atoms with Gasteiger partial charge in [-0.1, -0.05) is 130 Å². The summed E-state index contributed by atoms with van der Waals surface area (Å²) < 4.78 is 5.66. The topological polar surface area (TPSA) is 124 Å². The van der Waals surface area contributed by atoms with Crippen LogP contribution in [0.3, 0.4) is 0 Å². The minimum Gasteiger partial charge on any atom is -0.481 e. The van der Waals surface area contributed by atoms with Gasteiger partial charge in [0.25, 0.3) is 11.8 Å². The number of amides is 3. The number of rotatable bonds is 13. The molecule has 1 aromatic heterocycles. The number of hydrogen-bond acceptors (Lipinski definition) is 7. The summed E-state index contributed by atoms with van der Waals surface area (Å²) in [4.78, 5) is 44.4. The highest BCUT2D eigenvalue weighted by Crippen LogP contribution is 2.43. The number of nitrogens with zero attached hydrogens (tertiary/aromatic N) is 3. The van der Waals surface area contributed by atoms with E-state index < -0.39 is 11.8 Å². The average molecular weight is 833 g/mol. The van der Waals surface area contributed by atoms with E-state index >= 15 is 0 Å². The molecular weight excluding hydrogens is 762 g/mol. The van der Waals surface area contributed by atoms with Gasteiger partial charge in [-0.15, -0.1) is 0 Å². The minimum absolute atomic E-state index is 0.0517. The number of benzene rings is 2. The van der Waals surface area contributed by atoms with Crippen LogP contribution in [-0.4, -0.2) is 72.0 Å². The van der Waals surface area contributed by atoms with Crippen LogP contribution in [0.5, 0.6) is 5.88 Å². The van der Waals surface area contributed by atoms with Crippen molar-refractivity contribution in [2.75, 3.05) is 39.7 Å². The normalized spacial score (nSPS) is 15.2. The number of ether oxygens (including phenoxy) is 1. The van der Waals surface area contributed by atoms with Crippen LogP contribution in [0.1, 0.15) is 117 Å². The lowest BCUT2D eigenvalue weighted by Gasteiger charge is -2.34. The Kier molecular flexibility index (Phi) is 21.4. The Morgan fingerprint density at radius 2 is 1.71 bits per heavy atom. The quantitative estimate of drug-likeness (QED) is 0.147. The molecule has 0 bridgehead atoms. The number of aliphatic hydroxyl groups is 1. The number of halogens is 1. The van der Waals surface area contributed by atoms with Crippen molar-refractivity contribution < 1.29 is 24.2 Å². The average Bonchev–Trinajstić information content (AvgIpc) is 3.64. The Morgan fingerprint density at radius 1 is 1.07 bits per heavy atom. The smallest absolute Gasteiger partial charge is 0.266 e. The maximum atomic E-state index is 13.3. The van der Waals surface area contributed by atoms with Gasteiger partial charge >= 0.3 is 0 Å². The van der Waals surface area contributed by atoms with Gasteiger partial charge in [0.05, 0.1) is 24.4 Å². The Balaban J connectivity index is 0.000000558. The van der Waals surface area contributed by atoms with E-state index in [-0.39, 0.29) is 30.5 Å². The molecule has 0 fully saturated rings. The molecule has 3 N–H and O–H groups in total. The van der Waals surface area contributed by atoms with E-state index in [0.717, 1.165) is 53.1 Å². The highest BCUT2D eigenvalue weighted by Gasteiger charge is 2.31. The Bertz CT molecular complexity index is 1910. The molecule has 2 aromatic carbocycles. The number of carbonyl (C=O) groups is 3. The number of nitrogens with one attached hydrogen (secondary N) is 2. The third kappa shape index (κ3) is 13.2. The number of fused-ring (bicyclic) bond motifs is 1.